The number of halogens is 1. The van der Waals surface area contributed by atoms with Crippen molar-refractivity contribution in [3.8, 4) is 5.75 Å². The zero-order chi connectivity index (χ0) is 13.7. The molecule has 0 aliphatic carbocycles. The van der Waals surface area contributed by atoms with Gasteiger partial charge in [-0.25, -0.2) is 4.39 Å². The summed E-state index contributed by atoms with van der Waals surface area (Å²) in [5, 5.41) is 3.23. The molecule has 0 bridgehead atoms. The second-order valence-corrected chi connectivity index (χ2v) is 4.80. The molecule has 2 unspecified atom stereocenters. The minimum atomic E-state index is -0.338. The van der Waals surface area contributed by atoms with E-state index in [1.54, 1.807) is 6.07 Å². The highest BCUT2D eigenvalue weighted by Crippen LogP contribution is 2.29. The van der Waals surface area contributed by atoms with Crippen LogP contribution in [0.3, 0.4) is 0 Å². The van der Waals surface area contributed by atoms with Gasteiger partial charge in [0.2, 0.25) is 0 Å². The smallest absolute Gasteiger partial charge is 0.165 e. The van der Waals surface area contributed by atoms with Crippen LogP contribution in [-0.2, 0) is 0 Å². The quantitative estimate of drug-likeness (QED) is 0.819. The number of benzene rings is 1. The SMILES string of the molecule is CNC(c1ccc(OC)c(F)c1)C(CN)C(C)C. The fourth-order valence-electron chi connectivity index (χ4n) is 2.30. The van der Waals surface area contributed by atoms with Crippen LogP contribution in [0.25, 0.3) is 0 Å². The van der Waals surface area contributed by atoms with Crippen LogP contribution in [0, 0.1) is 17.7 Å². The van der Waals surface area contributed by atoms with E-state index in [2.05, 4.69) is 19.2 Å². The summed E-state index contributed by atoms with van der Waals surface area (Å²) >= 11 is 0. The molecular weight excluding hydrogens is 231 g/mol. The number of ether oxygens (including phenoxy) is 1. The van der Waals surface area contributed by atoms with E-state index in [0.29, 0.717) is 12.5 Å². The highest BCUT2D eigenvalue weighted by Gasteiger charge is 2.24. The maximum atomic E-state index is 13.7. The Bertz CT molecular complexity index is 382. The summed E-state index contributed by atoms with van der Waals surface area (Å²) in [5.41, 5.74) is 6.73. The van der Waals surface area contributed by atoms with Gasteiger partial charge in [0.25, 0.3) is 0 Å². The van der Waals surface area contributed by atoms with E-state index in [0.717, 1.165) is 5.56 Å². The molecular formula is C14H23FN2O. The molecule has 0 aliphatic heterocycles. The maximum absolute atomic E-state index is 13.7. The Morgan fingerprint density at radius 2 is 2.06 bits per heavy atom. The van der Waals surface area contributed by atoms with Crippen molar-refractivity contribution in [1.29, 1.82) is 0 Å². The molecule has 0 fully saturated rings. The first-order chi connectivity index (χ1) is 8.54. The maximum Gasteiger partial charge on any atom is 0.165 e. The summed E-state index contributed by atoms with van der Waals surface area (Å²) in [6.45, 7) is 4.82. The van der Waals surface area contributed by atoms with Crippen molar-refractivity contribution in [2.24, 2.45) is 17.6 Å². The van der Waals surface area contributed by atoms with Crippen LogP contribution in [-0.4, -0.2) is 20.7 Å². The van der Waals surface area contributed by atoms with Crippen molar-refractivity contribution in [2.45, 2.75) is 19.9 Å². The van der Waals surface area contributed by atoms with E-state index in [9.17, 15) is 4.39 Å². The third-order valence-corrected chi connectivity index (χ3v) is 3.40. The number of hydrogen-bond acceptors (Lipinski definition) is 3. The predicted octanol–water partition coefficient (Wildman–Crippen LogP) is 2.33. The molecule has 1 rings (SSSR count). The molecule has 0 saturated heterocycles. The van der Waals surface area contributed by atoms with Gasteiger partial charge in [-0.2, -0.15) is 0 Å². The van der Waals surface area contributed by atoms with Crippen LogP contribution in [0.2, 0.25) is 0 Å². The molecule has 18 heavy (non-hydrogen) atoms. The second kappa shape index (κ2) is 6.71. The van der Waals surface area contributed by atoms with E-state index in [1.165, 1.54) is 13.2 Å². The van der Waals surface area contributed by atoms with Crippen molar-refractivity contribution in [1.82, 2.24) is 5.32 Å². The lowest BCUT2D eigenvalue weighted by Gasteiger charge is -2.29. The Morgan fingerprint density at radius 3 is 2.44 bits per heavy atom. The van der Waals surface area contributed by atoms with Gasteiger partial charge in [0.05, 0.1) is 7.11 Å². The van der Waals surface area contributed by atoms with Crippen LogP contribution in [0.1, 0.15) is 25.5 Å². The molecule has 3 nitrogen and oxygen atoms in total. The van der Waals surface area contributed by atoms with Gasteiger partial charge < -0.3 is 15.8 Å². The van der Waals surface area contributed by atoms with Crippen LogP contribution in [0.15, 0.2) is 18.2 Å². The molecule has 4 heteroatoms. The third-order valence-electron chi connectivity index (χ3n) is 3.40. The van der Waals surface area contributed by atoms with Crippen molar-refractivity contribution < 1.29 is 9.13 Å². The highest BCUT2D eigenvalue weighted by molar-refractivity contribution is 5.31. The Balaban J connectivity index is 3.05. The summed E-state index contributed by atoms with van der Waals surface area (Å²) in [6, 6.07) is 5.11. The Kier molecular flexibility index (Phi) is 5.56. The molecule has 0 saturated carbocycles. The lowest BCUT2D eigenvalue weighted by molar-refractivity contribution is 0.297. The zero-order valence-corrected chi connectivity index (χ0v) is 11.5. The number of rotatable bonds is 6. The number of methoxy groups -OCH3 is 1. The van der Waals surface area contributed by atoms with Crippen LogP contribution in [0.5, 0.6) is 5.75 Å². The number of nitrogens with two attached hydrogens (primary N) is 1. The normalized spacial score (nSPS) is 14.6. The molecule has 102 valence electrons. The summed E-state index contributed by atoms with van der Waals surface area (Å²) in [7, 11) is 3.34. The fraction of sp³-hybridized carbons (Fsp3) is 0.571. The minimum absolute atomic E-state index is 0.0513. The average molecular weight is 254 g/mol. The molecule has 0 aliphatic rings. The third kappa shape index (κ3) is 3.21. The minimum Gasteiger partial charge on any atom is -0.494 e. The van der Waals surface area contributed by atoms with Gasteiger partial charge in [0.1, 0.15) is 0 Å². The Hall–Kier alpha value is -1.13. The average Bonchev–Trinajstić information content (AvgIpc) is 2.35. The van der Waals surface area contributed by atoms with Gasteiger partial charge in [0.15, 0.2) is 11.6 Å². The van der Waals surface area contributed by atoms with E-state index in [4.69, 9.17) is 10.5 Å². The molecule has 0 aromatic heterocycles. The molecule has 0 radical (unpaired) electrons. The molecule has 0 spiro atoms. The molecule has 1 aromatic carbocycles. The van der Waals surface area contributed by atoms with E-state index in [-0.39, 0.29) is 23.5 Å². The lowest BCUT2D eigenvalue weighted by atomic mass is 9.84. The van der Waals surface area contributed by atoms with Crippen molar-refractivity contribution in [3.63, 3.8) is 0 Å². The second-order valence-electron chi connectivity index (χ2n) is 4.80. The molecule has 0 heterocycles. The van der Waals surface area contributed by atoms with Crippen molar-refractivity contribution in [2.75, 3.05) is 20.7 Å². The van der Waals surface area contributed by atoms with Crippen molar-refractivity contribution in [3.05, 3.63) is 29.6 Å². The summed E-state index contributed by atoms with van der Waals surface area (Å²) < 4.78 is 18.7. The Labute approximate surface area is 109 Å². The van der Waals surface area contributed by atoms with Crippen LogP contribution in [0.4, 0.5) is 4.39 Å². The Morgan fingerprint density at radius 1 is 1.39 bits per heavy atom. The monoisotopic (exact) mass is 254 g/mol. The first kappa shape index (κ1) is 14.9. The topological polar surface area (TPSA) is 47.3 Å². The van der Waals surface area contributed by atoms with Crippen LogP contribution >= 0.6 is 0 Å². The van der Waals surface area contributed by atoms with Gasteiger partial charge in [0, 0.05) is 6.04 Å². The van der Waals surface area contributed by atoms with Crippen molar-refractivity contribution >= 4 is 0 Å². The highest BCUT2D eigenvalue weighted by atomic mass is 19.1. The summed E-state index contributed by atoms with van der Waals surface area (Å²) in [5.74, 6) is 0.623. The van der Waals surface area contributed by atoms with Gasteiger partial charge in [-0.05, 0) is 43.1 Å². The van der Waals surface area contributed by atoms with Gasteiger partial charge in [-0.3, -0.25) is 0 Å². The molecule has 0 amide bonds. The zero-order valence-electron chi connectivity index (χ0n) is 11.5. The molecule has 1 aromatic rings. The van der Waals surface area contributed by atoms with Gasteiger partial charge >= 0.3 is 0 Å². The molecule has 2 atom stereocenters. The summed E-state index contributed by atoms with van der Waals surface area (Å²) in [4.78, 5) is 0. The predicted molar refractivity (Wildman–Crippen MR) is 72.1 cm³/mol. The largest absolute Gasteiger partial charge is 0.494 e. The van der Waals surface area contributed by atoms with Crippen LogP contribution < -0.4 is 15.8 Å². The standard InChI is InChI=1S/C14H23FN2O/c1-9(2)11(8-16)14(17-3)10-5-6-13(18-4)12(15)7-10/h5-7,9,11,14,17H,8,16H2,1-4H3. The number of nitrogens with one attached hydrogen (secondary N) is 1. The van der Waals surface area contributed by atoms with Gasteiger partial charge in [-0.15, -0.1) is 0 Å². The molecule has 3 N–H and O–H groups in total. The van der Waals surface area contributed by atoms with E-state index >= 15 is 0 Å². The van der Waals surface area contributed by atoms with Gasteiger partial charge in [-0.1, -0.05) is 19.9 Å². The first-order valence-electron chi connectivity index (χ1n) is 6.25. The number of hydrogen-bond donors (Lipinski definition) is 2. The van der Waals surface area contributed by atoms with E-state index < -0.39 is 0 Å². The fourth-order valence-corrected chi connectivity index (χ4v) is 2.30. The first-order valence-corrected chi connectivity index (χ1v) is 6.25. The summed E-state index contributed by atoms with van der Waals surface area (Å²) in [6.07, 6.45) is 0. The lowest BCUT2D eigenvalue weighted by Crippen LogP contribution is -2.34. The van der Waals surface area contributed by atoms with E-state index in [1.807, 2.05) is 13.1 Å².